The first kappa shape index (κ1) is 14.1. The summed E-state index contributed by atoms with van der Waals surface area (Å²) in [6, 6.07) is 13.6. The van der Waals surface area contributed by atoms with Crippen LogP contribution in [0.3, 0.4) is 0 Å². The van der Waals surface area contributed by atoms with Crippen LogP contribution in [-0.4, -0.2) is 6.61 Å². The number of rotatable bonds is 5. The third kappa shape index (κ3) is 3.58. The Morgan fingerprint density at radius 2 is 1.95 bits per heavy atom. The van der Waals surface area contributed by atoms with Gasteiger partial charge in [-0.25, -0.2) is 0 Å². The van der Waals surface area contributed by atoms with E-state index in [2.05, 4.69) is 6.07 Å². The van der Waals surface area contributed by atoms with Crippen LogP contribution in [0.15, 0.2) is 47.4 Å². The first-order valence-electron chi connectivity index (χ1n) is 6.10. The molecule has 0 radical (unpaired) electrons. The Labute approximate surface area is 122 Å². The lowest BCUT2D eigenvalue weighted by Crippen LogP contribution is -1.96. The number of nitrogen functional groups attached to an aromatic ring is 1. The number of thioether (sulfide) groups is 1. The number of para-hydroxylation sites is 1. The van der Waals surface area contributed by atoms with E-state index >= 15 is 0 Å². The van der Waals surface area contributed by atoms with Crippen LogP contribution in [0.4, 0.5) is 5.69 Å². The molecule has 0 bridgehead atoms. The van der Waals surface area contributed by atoms with Crippen LogP contribution in [0.25, 0.3) is 0 Å². The Kier molecular flexibility index (Phi) is 5.00. The van der Waals surface area contributed by atoms with Crippen molar-refractivity contribution in [1.82, 2.24) is 0 Å². The second kappa shape index (κ2) is 6.73. The van der Waals surface area contributed by atoms with E-state index in [-0.39, 0.29) is 0 Å². The highest BCUT2D eigenvalue weighted by Crippen LogP contribution is 2.36. The summed E-state index contributed by atoms with van der Waals surface area (Å²) in [5.74, 6) is 1.70. The molecule has 0 aliphatic heterocycles. The van der Waals surface area contributed by atoms with E-state index in [1.54, 1.807) is 11.8 Å². The lowest BCUT2D eigenvalue weighted by molar-refractivity contribution is 0.337. The molecule has 0 fully saturated rings. The molecule has 0 spiro atoms. The van der Waals surface area contributed by atoms with Crippen molar-refractivity contribution in [3.05, 3.63) is 53.1 Å². The zero-order valence-electron chi connectivity index (χ0n) is 10.7. The molecule has 100 valence electrons. The topological polar surface area (TPSA) is 35.2 Å². The quantitative estimate of drug-likeness (QED) is 0.646. The van der Waals surface area contributed by atoms with Crippen molar-refractivity contribution in [3.63, 3.8) is 0 Å². The molecule has 2 rings (SSSR count). The standard InChI is InChI=1S/C15H16ClNOS/c1-2-18-14-9-4-3-6-11(14)10-19-15-12(16)7-5-8-13(15)17/h3-9H,2,10,17H2,1H3. The van der Waals surface area contributed by atoms with E-state index in [9.17, 15) is 0 Å². The Hall–Kier alpha value is -1.32. The predicted octanol–water partition coefficient (Wildman–Crippen LogP) is 4.61. The summed E-state index contributed by atoms with van der Waals surface area (Å²) >= 11 is 7.79. The van der Waals surface area contributed by atoms with Crippen molar-refractivity contribution in [2.24, 2.45) is 0 Å². The summed E-state index contributed by atoms with van der Waals surface area (Å²) in [6.07, 6.45) is 0. The number of nitrogens with two attached hydrogens (primary N) is 1. The van der Waals surface area contributed by atoms with E-state index < -0.39 is 0 Å². The highest BCUT2D eigenvalue weighted by molar-refractivity contribution is 7.98. The second-order valence-electron chi connectivity index (χ2n) is 3.99. The number of hydrogen-bond acceptors (Lipinski definition) is 3. The van der Waals surface area contributed by atoms with Crippen LogP contribution in [0.2, 0.25) is 5.02 Å². The maximum absolute atomic E-state index is 6.16. The van der Waals surface area contributed by atoms with Crippen LogP contribution in [0, 0.1) is 0 Å². The fourth-order valence-electron chi connectivity index (χ4n) is 1.75. The number of ether oxygens (including phenoxy) is 1. The third-order valence-corrected chi connectivity index (χ3v) is 4.27. The summed E-state index contributed by atoms with van der Waals surface area (Å²) in [4.78, 5) is 0.926. The smallest absolute Gasteiger partial charge is 0.123 e. The first-order valence-corrected chi connectivity index (χ1v) is 7.46. The van der Waals surface area contributed by atoms with Gasteiger partial charge in [0.05, 0.1) is 11.6 Å². The molecule has 2 aromatic rings. The zero-order valence-corrected chi connectivity index (χ0v) is 12.3. The number of hydrogen-bond donors (Lipinski definition) is 1. The molecule has 0 saturated carbocycles. The molecule has 0 aromatic heterocycles. The minimum Gasteiger partial charge on any atom is -0.494 e. The molecular formula is C15H16ClNOS. The van der Waals surface area contributed by atoms with Gasteiger partial charge < -0.3 is 10.5 Å². The largest absolute Gasteiger partial charge is 0.494 e. The monoisotopic (exact) mass is 293 g/mol. The van der Waals surface area contributed by atoms with Crippen LogP contribution in [-0.2, 0) is 5.75 Å². The van der Waals surface area contributed by atoms with Gasteiger partial charge in [-0.3, -0.25) is 0 Å². The molecule has 0 unspecified atom stereocenters. The fourth-order valence-corrected chi connectivity index (χ4v) is 3.07. The summed E-state index contributed by atoms with van der Waals surface area (Å²) in [6.45, 7) is 2.64. The van der Waals surface area contributed by atoms with Gasteiger partial charge in [-0.05, 0) is 25.1 Å². The molecule has 2 nitrogen and oxygen atoms in total. The summed E-state index contributed by atoms with van der Waals surface area (Å²) in [7, 11) is 0. The highest BCUT2D eigenvalue weighted by atomic mass is 35.5. The SMILES string of the molecule is CCOc1ccccc1CSc1c(N)cccc1Cl. The molecule has 19 heavy (non-hydrogen) atoms. The van der Waals surface area contributed by atoms with Crippen molar-refractivity contribution in [2.45, 2.75) is 17.6 Å². The average Bonchev–Trinajstić information content (AvgIpc) is 2.40. The molecule has 0 atom stereocenters. The Morgan fingerprint density at radius 3 is 2.68 bits per heavy atom. The van der Waals surface area contributed by atoms with Gasteiger partial charge >= 0.3 is 0 Å². The molecule has 0 aliphatic carbocycles. The van der Waals surface area contributed by atoms with Crippen LogP contribution in [0.5, 0.6) is 5.75 Å². The van der Waals surface area contributed by atoms with Crippen molar-refractivity contribution in [3.8, 4) is 5.75 Å². The molecule has 0 aliphatic rings. The van der Waals surface area contributed by atoms with E-state index in [0.717, 1.165) is 22.0 Å². The van der Waals surface area contributed by atoms with E-state index in [1.165, 1.54) is 0 Å². The molecule has 0 heterocycles. The molecule has 2 aromatic carbocycles. The molecule has 0 saturated heterocycles. The minimum absolute atomic E-state index is 0.663. The van der Waals surface area contributed by atoms with Gasteiger partial charge in [0.1, 0.15) is 5.75 Å². The zero-order chi connectivity index (χ0) is 13.7. The van der Waals surface area contributed by atoms with E-state index in [0.29, 0.717) is 17.3 Å². The summed E-state index contributed by atoms with van der Waals surface area (Å²) in [5, 5.41) is 0.693. The maximum atomic E-state index is 6.16. The van der Waals surface area contributed by atoms with Crippen LogP contribution in [0.1, 0.15) is 12.5 Å². The van der Waals surface area contributed by atoms with Gasteiger partial charge in [0.15, 0.2) is 0 Å². The molecule has 2 N–H and O–H groups in total. The molecular weight excluding hydrogens is 278 g/mol. The number of anilines is 1. The van der Waals surface area contributed by atoms with Crippen molar-refractivity contribution < 1.29 is 4.74 Å². The number of benzene rings is 2. The first-order chi connectivity index (χ1) is 9.22. The fraction of sp³-hybridized carbons (Fsp3) is 0.200. The van der Waals surface area contributed by atoms with Gasteiger partial charge in [-0.2, -0.15) is 0 Å². The summed E-state index contributed by atoms with van der Waals surface area (Å²) in [5.41, 5.74) is 7.81. The minimum atomic E-state index is 0.663. The van der Waals surface area contributed by atoms with Crippen molar-refractivity contribution >= 4 is 29.1 Å². The summed E-state index contributed by atoms with van der Waals surface area (Å²) < 4.78 is 5.61. The Bertz CT molecular complexity index is 539. The van der Waals surface area contributed by atoms with Crippen molar-refractivity contribution in [1.29, 1.82) is 0 Å². The van der Waals surface area contributed by atoms with E-state index in [1.807, 2.05) is 43.3 Å². The predicted molar refractivity (Wildman–Crippen MR) is 83.0 cm³/mol. The lowest BCUT2D eigenvalue weighted by atomic mass is 10.2. The van der Waals surface area contributed by atoms with Crippen LogP contribution < -0.4 is 10.5 Å². The molecule has 4 heteroatoms. The van der Waals surface area contributed by atoms with E-state index in [4.69, 9.17) is 22.1 Å². The maximum Gasteiger partial charge on any atom is 0.123 e. The Morgan fingerprint density at radius 1 is 1.16 bits per heavy atom. The highest BCUT2D eigenvalue weighted by Gasteiger charge is 2.08. The Balaban J connectivity index is 2.15. The van der Waals surface area contributed by atoms with Crippen molar-refractivity contribution in [2.75, 3.05) is 12.3 Å². The van der Waals surface area contributed by atoms with Gasteiger partial charge in [-0.1, -0.05) is 35.9 Å². The third-order valence-electron chi connectivity index (χ3n) is 2.64. The molecule has 0 amide bonds. The average molecular weight is 294 g/mol. The van der Waals surface area contributed by atoms with Gasteiger partial charge in [0, 0.05) is 21.9 Å². The lowest BCUT2D eigenvalue weighted by Gasteiger charge is -2.11. The normalized spacial score (nSPS) is 10.4. The van der Waals surface area contributed by atoms with Gasteiger partial charge in [0.2, 0.25) is 0 Å². The van der Waals surface area contributed by atoms with Gasteiger partial charge in [-0.15, -0.1) is 11.8 Å². The number of halogens is 1. The van der Waals surface area contributed by atoms with Gasteiger partial charge in [0.25, 0.3) is 0 Å². The van der Waals surface area contributed by atoms with Crippen LogP contribution >= 0.6 is 23.4 Å². The second-order valence-corrected chi connectivity index (χ2v) is 5.38.